The van der Waals surface area contributed by atoms with Crippen molar-refractivity contribution >= 4 is 11.6 Å². The smallest absolute Gasteiger partial charge is 0.193 e. The summed E-state index contributed by atoms with van der Waals surface area (Å²) in [4.78, 5) is 3.68. The number of anilines is 1. The Hall–Kier alpha value is -1.72. The fourth-order valence-corrected chi connectivity index (χ4v) is 1.000. The quantitative estimate of drug-likeness (QED) is 0.586. The summed E-state index contributed by atoms with van der Waals surface area (Å²) < 4.78 is 38.6. The van der Waals surface area contributed by atoms with Crippen molar-refractivity contribution in [3.63, 3.8) is 0 Å². The van der Waals surface area contributed by atoms with Crippen LogP contribution in [0.4, 0.5) is 18.9 Å². The molecule has 0 unspecified atom stereocenters. The summed E-state index contributed by atoms with van der Waals surface area (Å²) in [5.74, 6) is -3.22. The van der Waals surface area contributed by atoms with Crippen LogP contribution >= 0.6 is 0 Å². The van der Waals surface area contributed by atoms with Crippen molar-refractivity contribution in [2.45, 2.75) is 6.92 Å². The van der Waals surface area contributed by atoms with E-state index < -0.39 is 23.1 Å². The summed E-state index contributed by atoms with van der Waals surface area (Å²) in [5, 5.41) is 2.22. The molecule has 0 saturated heterocycles. The Balaban J connectivity index is 3.00. The standard InChI is InChI=1S/C9H10F3N3/c1-2-14-9(13)15-8-6(11)3-5(10)4-7(8)12/h3-4H,2H2,1H3,(H3,13,14,15). The normalized spacial score (nSPS) is 11.6. The van der Waals surface area contributed by atoms with E-state index in [1.165, 1.54) is 0 Å². The van der Waals surface area contributed by atoms with Crippen LogP contribution in [0.2, 0.25) is 0 Å². The first-order valence-electron chi connectivity index (χ1n) is 4.26. The largest absolute Gasteiger partial charge is 0.370 e. The molecule has 1 aromatic rings. The zero-order chi connectivity index (χ0) is 11.4. The van der Waals surface area contributed by atoms with Gasteiger partial charge >= 0.3 is 0 Å². The summed E-state index contributed by atoms with van der Waals surface area (Å²) >= 11 is 0. The lowest BCUT2D eigenvalue weighted by molar-refractivity contribution is 0.549. The molecule has 0 radical (unpaired) electrons. The van der Waals surface area contributed by atoms with Crippen molar-refractivity contribution in [3.8, 4) is 0 Å². The minimum Gasteiger partial charge on any atom is -0.370 e. The van der Waals surface area contributed by atoms with Gasteiger partial charge in [0, 0.05) is 18.7 Å². The number of nitrogens with two attached hydrogens (primary N) is 1. The number of nitrogens with one attached hydrogen (secondary N) is 1. The number of guanidine groups is 1. The highest BCUT2D eigenvalue weighted by atomic mass is 19.1. The van der Waals surface area contributed by atoms with E-state index in [1.54, 1.807) is 6.92 Å². The summed E-state index contributed by atoms with van der Waals surface area (Å²) in [6, 6.07) is 1.12. The number of benzene rings is 1. The van der Waals surface area contributed by atoms with Gasteiger partial charge in [-0.1, -0.05) is 0 Å². The molecule has 15 heavy (non-hydrogen) atoms. The van der Waals surface area contributed by atoms with Gasteiger partial charge in [0.1, 0.15) is 11.5 Å². The minimum absolute atomic E-state index is 0.123. The molecule has 6 heteroatoms. The number of halogens is 3. The molecule has 0 aliphatic carbocycles. The van der Waals surface area contributed by atoms with Crippen molar-refractivity contribution < 1.29 is 13.2 Å². The lowest BCUT2D eigenvalue weighted by Crippen LogP contribution is -2.24. The first-order chi connectivity index (χ1) is 7.04. The third-order valence-corrected chi connectivity index (χ3v) is 1.59. The molecule has 82 valence electrons. The molecule has 0 saturated carbocycles. The Kier molecular flexibility index (Phi) is 3.54. The number of rotatable bonds is 2. The molecule has 1 rings (SSSR count). The third kappa shape index (κ3) is 2.87. The van der Waals surface area contributed by atoms with E-state index >= 15 is 0 Å². The summed E-state index contributed by atoms with van der Waals surface area (Å²) in [6.45, 7) is 2.09. The first-order valence-corrected chi connectivity index (χ1v) is 4.26. The Labute approximate surface area is 84.8 Å². The topological polar surface area (TPSA) is 50.4 Å². The van der Waals surface area contributed by atoms with E-state index in [9.17, 15) is 13.2 Å². The van der Waals surface area contributed by atoms with Gasteiger partial charge in [0.25, 0.3) is 0 Å². The molecule has 0 spiro atoms. The van der Waals surface area contributed by atoms with E-state index in [1.807, 2.05) is 0 Å². The van der Waals surface area contributed by atoms with E-state index in [0.29, 0.717) is 18.7 Å². The van der Waals surface area contributed by atoms with Gasteiger partial charge in [0.05, 0.1) is 0 Å². The molecule has 0 aliphatic heterocycles. The van der Waals surface area contributed by atoms with Crippen molar-refractivity contribution in [1.82, 2.24) is 0 Å². The maximum absolute atomic E-state index is 13.1. The average Bonchev–Trinajstić information content (AvgIpc) is 2.11. The van der Waals surface area contributed by atoms with Crippen molar-refractivity contribution in [1.29, 1.82) is 0 Å². The highest BCUT2D eigenvalue weighted by Crippen LogP contribution is 2.19. The fraction of sp³-hybridized carbons (Fsp3) is 0.222. The highest BCUT2D eigenvalue weighted by molar-refractivity contribution is 5.92. The minimum atomic E-state index is -1.05. The van der Waals surface area contributed by atoms with Crippen LogP contribution in [0.15, 0.2) is 17.1 Å². The first kappa shape index (κ1) is 11.4. The predicted octanol–water partition coefficient (Wildman–Crippen LogP) is 1.85. The van der Waals surface area contributed by atoms with Crippen LogP contribution in [0.1, 0.15) is 6.92 Å². The van der Waals surface area contributed by atoms with Gasteiger partial charge in [0.2, 0.25) is 0 Å². The maximum atomic E-state index is 13.1. The monoisotopic (exact) mass is 217 g/mol. The van der Waals surface area contributed by atoms with Gasteiger partial charge in [-0.2, -0.15) is 0 Å². The van der Waals surface area contributed by atoms with Gasteiger partial charge in [-0.3, -0.25) is 4.99 Å². The Morgan fingerprint density at radius 1 is 1.33 bits per heavy atom. The van der Waals surface area contributed by atoms with E-state index in [0.717, 1.165) is 0 Å². The van der Waals surface area contributed by atoms with Crippen LogP contribution in [-0.2, 0) is 0 Å². The molecular weight excluding hydrogens is 207 g/mol. The number of aliphatic imine (C=N–C) groups is 1. The average molecular weight is 217 g/mol. The predicted molar refractivity (Wildman–Crippen MR) is 52.1 cm³/mol. The fourth-order valence-electron chi connectivity index (χ4n) is 1.000. The molecular formula is C9H10F3N3. The van der Waals surface area contributed by atoms with Gasteiger partial charge in [0.15, 0.2) is 17.6 Å². The second-order valence-corrected chi connectivity index (χ2v) is 2.73. The van der Waals surface area contributed by atoms with E-state index in [-0.39, 0.29) is 5.96 Å². The van der Waals surface area contributed by atoms with Gasteiger partial charge in [-0.25, -0.2) is 13.2 Å². The maximum Gasteiger partial charge on any atom is 0.193 e. The van der Waals surface area contributed by atoms with Crippen LogP contribution in [-0.4, -0.2) is 12.5 Å². The summed E-state index contributed by atoms with van der Waals surface area (Å²) in [6.07, 6.45) is 0. The molecule has 0 fully saturated rings. The van der Waals surface area contributed by atoms with Crippen molar-refractivity contribution in [2.24, 2.45) is 10.7 Å². The van der Waals surface area contributed by atoms with Gasteiger partial charge in [-0.05, 0) is 6.92 Å². The molecule has 0 amide bonds. The molecule has 3 nitrogen and oxygen atoms in total. The Morgan fingerprint density at radius 3 is 2.33 bits per heavy atom. The number of nitrogens with zero attached hydrogens (tertiary/aromatic N) is 1. The van der Waals surface area contributed by atoms with Crippen LogP contribution in [0.5, 0.6) is 0 Å². The van der Waals surface area contributed by atoms with Crippen LogP contribution < -0.4 is 11.1 Å². The lowest BCUT2D eigenvalue weighted by Gasteiger charge is -2.07. The van der Waals surface area contributed by atoms with Crippen molar-refractivity contribution in [2.75, 3.05) is 11.9 Å². The summed E-state index contributed by atoms with van der Waals surface area (Å²) in [5.41, 5.74) is 4.80. The van der Waals surface area contributed by atoms with E-state index in [4.69, 9.17) is 5.73 Å². The zero-order valence-electron chi connectivity index (χ0n) is 8.02. The third-order valence-electron chi connectivity index (χ3n) is 1.59. The Morgan fingerprint density at radius 2 is 1.87 bits per heavy atom. The van der Waals surface area contributed by atoms with Crippen LogP contribution in [0.3, 0.4) is 0 Å². The van der Waals surface area contributed by atoms with Gasteiger partial charge < -0.3 is 11.1 Å². The molecule has 0 aromatic heterocycles. The molecule has 0 heterocycles. The van der Waals surface area contributed by atoms with E-state index in [2.05, 4.69) is 10.3 Å². The van der Waals surface area contributed by atoms with Gasteiger partial charge in [-0.15, -0.1) is 0 Å². The highest BCUT2D eigenvalue weighted by Gasteiger charge is 2.11. The summed E-state index contributed by atoms with van der Waals surface area (Å²) in [7, 11) is 0. The molecule has 3 N–H and O–H groups in total. The molecule has 1 aromatic carbocycles. The number of hydrogen-bond acceptors (Lipinski definition) is 1. The second kappa shape index (κ2) is 4.68. The SMILES string of the molecule is CCN=C(N)Nc1c(F)cc(F)cc1F. The van der Waals surface area contributed by atoms with Crippen LogP contribution in [0.25, 0.3) is 0 Å². The Bertz CT molecular complexity index is 367. The lowest BCUT2D eigenvalue weighted by atomic mass is 10.3. The zero-order valence-corrected chi connectivity index (χ0v) is 8.02. The van der Waals surface area contributed by atoms with Crippen LogP contribution in [0, 0.1) is 17.5 Å². The van der Waals surface area contributed by atoms with Crippen molar-refractivity contribution in [3.05, 3.63) is 29.6 Å². The molecule has 0 bridgehead atoms. The molecule has 0 atom stereocenters. The number of hydrogen-bond donors (Lipinski definition) is 2. The second-order valence-electron chi connectivity index (χ2n) is 2.73. The molecule has 0 aliphatic rings.